The summed E-state index contributed by atoms with van der Waals surface area (Å²) in [7, 11) is 0. The summed E-state index contributed by atoms with van der Waals surface area (Å²) in [5.41, 5.74) is 0.828. The fourth-order valence-electron chi connectivity index (χ4n) is 1.33. The van der Waals surface area contributed by atoms with Crippen LogP contribution >= 0.6 is 15.9 Å². The zero-order valence-corrected chi connectivity index (χ0v) is 9.43. The van der Waals surface area contributed by atoms with Crippen LogP contribution in [0.5, 0.6) is 5.75 Å². The van der Waals surface area contributed by atoms with Crippen molar-refractivity contribution in [1.82, 2.24) is 5.16 Å². The van der Waals surface area contributed by atoms with E-state index in [1.165, 1.54) is 12.1 Å². The maximum Gasteiger partial charge on any atom is 0.375 e. The fraction of sp³-hybridized carbons (Fsp3) is 0. The second-order valence-electron chi connectivity index (χ2n) is 3.03. The van der Waals surface area contributed by atoms with Crippen LogP contribution in [0.3, 0.4) is 0 Å². The van der Waals surface area contributed by atoms with Gasteiger partial charge in [-0.3, -0.25) is 0 Å². The van der Waals surface area contributed by atoms with E-state index in [1.54, 1.807) is 12.1 Å². The number of hydrogen-bond donors (Lipinski definition) is 2. The zero-order chi connectivity index (χ0) is 11.7. The Hall–Kier alpha value is -1.82. The first-order valence-corrected chi connectivity index (χ1v) is 5.06. The molecule has 2 aromatic rings. The number of aromatic carboxylic acids is 1. The van der Waals surface area contributed by atoms with Crippen LogP contribution in [-0.2, 0) is 0 Å². The minimum absolute atomic E-state index is 0.0435. The van der Waals surface area contributed by atoms with E-state index in [0.717, 1.165) is 0 Å². The Morgan fingerprint density at radius 2 is 2.19 bits per heavy atom. The number of carbonyl (C=O) groups is 1. The molecule has 0 spiro atoms. The lowest BCUT2D eigenvalue weighted by Gasteiger charge is -1.99. The van der Waals surface area contributed by atoms with Crippen LogP contribution in [-0.4, -0.2) is 21.3 Å². The number of aromatic nitrogens is 1. The van der Waals surface area contributed by atoms with Crippen LogP contribution in [0.2, 0.25) is 0 Å². The average molecular weight is 284 g/mol. The highest BCUT2D eigenvalue weighted by atomic mass is 79.9. The van der Waals surface area contributed by atoms with E-state index in [0.29, 0.717) is 11.1 Å². The molecule has 5 nitrogen and oxygen atoms in total. The van der Waals surface area contributed by atoms with Crippen LogP contribution in [0.15, 0.2) is 33.4 Å². The summed E-state index contributed by atoms with van der Waals surface area (Å²) in [6.45, 7) is 0. The van der Waals surface area contributed by atoms with Crippen molar-refractivity contribution >= 4 is 21.9 Å². The number of halogens is 1. The van der Waals surface area contributed by atoms with Gasteiger partial charge >= 0.3 is 5.97 Å². The molecule has 0 aliphatic rings. The summed E-state index contributed by atoms with van der Waals surface area (Å²) in [6.07, 6.45) is 0. The monoisotopic (exact) mass is 283 g/mol. The van der Waals surface area contributed by atoms with E-state index >= 15 is 0 Å². The normalized spacial score (nSPS) is 10.3. The van der Waals surface area contributed by atoms with Gasteiger partial charge < -0.3 is 14.7 Å². The van der Waals surface area contributed by atoms with Crippen molar-refractivity contribution in [3.8, 4) is 16.9 Å². The minimum Gasteiger partial charge on any atom is -0.508 e. The Balaban J connectivity index is 2.63. The number of rotatable bonds is 2. The van der Waals surface area contributed by atoms with E-state index in [4.69, 9.17) is 5.11 Å². The van der Waals surface area contributed by atoms with Crippen molar-refractivity contribution in [3.05, 3.63) is 34.6 Å². The molecule has 2 rings (SSSR count). The van der Waals surface area contributed by atoms with Crippen molar-refractivity contribution in [3.63, 3.8) is 0 Å². The van der Waals surface area contributed by atoms with Crippen molar-refractivity contribution < 1.29 is 19.5 Å². The van der Waals surface area contributed by atoms with Gasteiger partial charge in [-0.05, 0) is 33.6 Å². The van der Waals surface area contributed by atoms with E-state index < -0.39 is 5.97 Å². The number of carboxylic acids is 1. The molecule has 0 fully saturated rings. The number of carboxylic acid groups (broad SMARTS) is 1. The van der Waals surface area contributed by atoms with E-state index in [9.17, 15) is 9.90 Å². The van der Waals surface area contributed by atoms with Crippen LogP contribution in [0.25, 0.3) is 11.1 Å². The van der Waals surface area contributed by atoms with Gasteiger partial charge in [0.25, 0.3) is 5.76 Å². The maximum atomic E-state index is 10.9. The van der Waals surface area contributed by atoms with Crippen molar-refractivity contribution in [2.75, 3.05) is 0 Å². The summed E-state index contributed by atoms with van der Waals surface area (Å²) in [6, 6.07) is 6.19. The molecule has 0 bridgehead atoms. The number of aromatic hydroxyl groups is 1. The summed E-state index contributed by atoms with van der Waals surface area (Å²) >= 11 is 3.10. The van der Waals surface area contributed by atoms with Crippen LogP contribution < -0.4 is 0 Å². The second kappa shape index (κ2) is 3.97. The molecule has 16 heavy (non-hydrogen) atoms. The highest BCUT2D eigenvalue weighted by Gasteiger charge is 2.21. The lowest BCUT2D eigenvalue weighted by atomic mass is 10.1. The molecule has 1 heterocycles. The Morgan fingerprint density at radius 3 is 2.81 bits per heavy atom. The molecule has 0 amide bonds. The third-order valence-electron chi connectivity index (χ3n) is 1.98. The molecule has 0 saturated heterocycles. The largest absolute Gasteiger partial charge is 0.508 e. The van der Waals surface area contributed by atoms with Gasteiger partial charge in [-0.2, -0.15) is 0 Å². The Morgan fingerprint density at radius 1 is 1.44 bits per heavy atom. The van der Waals surface area contributed by atoms with Gasteiger partial charge in [0, 0.05) is 0 Å². The van der Waals surface area contributed by atoms with Crippen molar-refractivity contribution in [1.29, 1.82) is 0 Å². The highest BCUT2D eigenvalue weighted by molar-refractivity contribution is 9.10. The summed E-state index contributed by atoms with van der Waals surface area (Å²) in [4.78, 5) is 10.9. The van der Waals surface area contributed by atoms with Crippen LogP contribution in [0.1, 0.15) is 10.6 Å². The third kappa shape index (κ3) is 1.79. The standard InChI is InChI=1S/C10H6BrNO4/c11-9-7(8(10(14)15)16-12-9)5-2-1-3-6(13)4-5/h1-4,13H,(H,14,15). The predicted molar refractivity (Wildman–Crippen MR) is 58.3 cm³/mol. The number of nitrogens with zero attached hydrogens (tertiary/aromatic N) is 1. The van der Waals surface area contributed by atoms with Crippen LogP contribution in [0.4, 0.5) is 0 Å². The Kier molecular flexibility index (Phi) is 2.66. The zero-order valence-electron chi connectivity index (χ0n) is 7.85. The van der Waals surface area contributed by atoms with Gasteiger partial charge in [-0.15, -0.1) is 0 Å². The van der Waals surface area contributed by atoms with Crippen molar-refractivity contribution in [2.24, 2.45) is 0 Å². The second-order valence-corrected chi connectivity index (χ2v) is 3.78. The molecular formula is C10H6BrNO4. The smallest absolute Gasteiger partial charge is 0.375 e. The molecule has 0 saturated carbocycles. The molecule has 0 radical (unpaired) electrons. The van der Waals surface area contributed by atoms with E-state index in [2.05, 4.69) is 25.6 Å². The topological polar surface area (TPSA) is 83.6 Å². The maximum absolute atomic E-state index is 10.9. The van der Waals surface area contributed by atoms with Gasteiger partial charge in [-0.25, -0.2) is 4.79 Å². The number of phenols is 1. The molecule has 1 aromatic heterocycles. The Bertz CT molecular complexity index is 550. The SMILES string of the molecule is O=C(O)c1onc(Br)c1-c1cccc(O)c1. The molecule has 6 heteroatoms. The quantitative estimate of drug-likeness (QED) is 0.885. The third-order valence-corrected chi connectivity index (χ3v) is 2.52. The summed E-state index contributed by atoms with van der Waals surface area (Å²) in [5, 5.41) is 21.7. The molecule has 0 unspecified atom stereocenters. The first-order valence-electron chi connectivity index (χ1n) is 4.27. The Labute approximate surface area is 98.4 Å². The molecular weight excluding hydrogens is 278 g/mol. The fourth-order valence-corrected chi connectivity index (χ4v) is 1.81. The first-order chi connectivity index (χ1) is 7.59. The molecule has 2 N–H and O–H groups in total. The molecule has 0 atom stereocenters. The highest BCUT2D eigenvalue weighted by Crippen LogP contribution is 2.32. The lowest BCUT2D eigenvalue weighted by Crippen LogP contribution is -1.96. The lowest BCUT2D eigenvalue weighted by molar-refractivity contribution is 0.0653. The summed E-state index contributed by atoms with van der Waals surface area (Å²) in [5.74, 6) is -1.43. The number of benzene rings is 1. The minimum atomic E-state index is -1.21. The van der Waals surface area contributed by atoms with Crippen LogP contribution in [0, 0.1) is 0 Å². The average Bonchev–Trinajstić information content (AvgIpc) is 2.60. The predicted octanol–water partition coefficient (Wildman–Crippen LogP) is 2.51. The first kappa shape index (κ1) is 10.7. The molecule has 0 aliphatic carbocycles. The summed E-state index contributed by atoms with van der Waals surface area (Å²) < 4.78 is 4.96. The van der Waals surface area contributed by atoms with Gasteiger partial charge in [0.2, 0.25) is 0 Å². The molecule has 0 aliphatic heterocycles. The van der Waals surface area contributed by atoms with E-state index in [1.807, 2.05) is 0 Å². The number of phenolic OH excluding ortho intramolecular Hbond substituents is 1. The number of hydrogen-bond acceptors (Lipinski definition) is 4. The molecule has 1 aromatic carbocycles. The van der Waals surface area contributed by atoms with Gasteiger partial charge in [0.1, 0.15) is 5.75 Å². The van der Waals surface area contributed by atoms with Crippen molar-refractivity contribution in [2.45, 2.75) is 0 Å². The van der Waals surface area contributed by atoms with Gasteiger partial charge in [-0.1, -0.05) is 17.3 Å². The van der Waals surface area contributed by atoms with Gasteiger partial charge in [0.05, 0.1) is 5.56 Å². The molecule has 82 valence electrons. The van der Waals surface area contributed by atoms with Gasteiger partial charge in [0.15, 0.2) is 4.60 Å². The van der Waals surface area contributed by atoms with E-state index in [-0.39, 0.29) is 16.1 Å².